The van der Waals surface area contributed by atoms with Gasteiger partial charge in [-0.2, -0.15) is 0 Å². The molecule has 0 saturated heterocycles. The summed E-state index contributed by atoms with van der Waals surface area (Å²) in [6.07, 6.45) is 1.21. The summed E-state index contributed by atoms with van der Waals surface area (Å²) in [5.41, 5.74) is 2.54. The summed E-state index contributed by atoms with van der Waals surface area (Å²) < 4.78 is 5.49. The number of hydrogen-bond donors (Lipinski definition) is 1. The van der Waals surface area contributed by atoms with E-state index >= 15 is 0 Å². The van der Waals surface area contributed by atoms with Crippen molar-refractivity contribution in [3.63, 3.8) is 0 Å². The fourth-order valence-corrected chi connectivity index (χ4v) is 2.61. The van der Waals surface area contributed by atoms with Crippen LogP contribution in [0.25, 0.3) is 0 Å². The Morgan fingerprint density at radius 3 is 3.05 bits per heavy atom. The van der Waals surface area contributed by atoms with Crippen molar-refractivity contribution in [1.82, 2.24) is 4.90 Å². The second-order valence-electron chi connectivity index (χ2n) is 5.44. The van der Waals surface area contributed by atoms with E-state index in [1.54, 1.807) is 0 Å². The Bertz CT molecular complexity index is 459. The first-order valence-corrected chi connectivity index (χ1v) is 6.69. The van der Waals surface area contributed by atoms with Gasteiger partial charge in [0.1, 0.15) is 5.75 Å². The highest BCUT2D eigenvalue weighted by molar-refractivity contribution is 5.66. The maximum atomic E-state index is 10.6. The molecule has 0 spiro atoms. The number of benzene rings is 1. The van der Waals surface area contributed by atoms with Gasteiger partial charge in [-0.3, -0.25) is 4.79 Å². The fraction of sp³-hybridized carbons (Fsp3) is 0.533. The summed E-state index contributed by atoms with van der Waals surface area (Å²) in [4.78, 5) is 12.8. The van der Waals surface area contributed by atoms with Crippen LogP contribution in [0.2, 0.25) is 0 Å². The predicted molar refractivity (Wildman–Crippen MR) is 73.4 cm³/mol. The molecule has 0 fully saturated rings. The molecule has 0 saturated carbocycles. The Morgan fingerprint density at radius 1 is 1.53 bits per heavy atom. The van der Waals surface area contributed by atoms with Crippen LogP contribution in [0.4, 0.5) is 0 Å². The average molecular weight is 263 g/mol. The normalized spacial score (nSPS) is 15.1. The lowest BCUT2D eigenvalue weighted by Crippen LogP contribution is -2.25. The fourth-order valence-electron chi connectivity index (χ4n) is 2.61. The topological polar surface area (TPSA) is 49.8 Å². The van der Waals surface area contributed by atoms with Gasteiger partial charge in [0.25, 0.3) is 0 Å². The van der Waals surface area contributed by atoms with E-state index < -0.39 is 5.97 Å². The number of carboxylic acids is 1. The molecule has 2 rings (SSSR count). The zero-order chi connectivity index (χ0) is 13.8. The van der Waals surface area contributed by atoms with Gasteiger partial charge >= 0.3 is 5.97 Å². The molecule has 19 heavy (non-hydrogen) atoms. The molecule has 1 aliphatic heterocycles. The smallest absolute Gasteiger partial charge is 0.303 e. The summed E-state index contributed by atoms with van der Waals surface area (Å²) in [7, 11) is 2.03. The van der Waals surface area contributed by atoms with Gasteiger partial charge in [0, 0.05) is 25.9 Å². The Morgan fingerprint density at radius 2 is 2.32 bits per heavy atom. The third-order valence-corrected chi connectivity index (χ3v) is 3.35. The van der Waals surface area contributed by atoms with Gasteiger partial charge in [0.15, 0.2) is 0 Å². The minimum absolute atomic E-state index is 0.167. The highest BCUT2D eigenvalue weighted by Crippen LogP contribution is 2.26. The molecule has 1 aromatic rings. The van der Waals surface area contributed by atoms with Crippen LogP contribution in [0.1, 0.15) is 24.5 Å². The number of carboxylic acid groups (broad SMARTS) is 1. The lowest BCUT2D eigenvalue weighted by Gasteiger charge is -2.20. The lowest BCUT2D eigenvalue weighted by atomic mass is 10.1. The van der Waals surface area contributed by atoms with E-state index in [4.69, 9.17) is 9.84 Å². The van der Waals surface area contributed by atoms with Crippen molar-refractivity contribution in [2.75, 3.05) is 20.2 Å². The van der Waals surface area contributed by atoms with Crippen molar-refractivity contribution in [1.29, 1.82) is 0 Å². The van der Waals surface area contributed by atoms with Crippen molar-refractivity contribution in [3.8, 4) is 5.75 Å². The summed E-state index contributed by atoms with van der Waals surface area (Å²) in [5, 5.41) is 8.76. The van der Waals surface area contributed by atoms with E-state index in [1.165, 1.54) is 11.1 Å². The monoisotopic (exact) mass is 263 g/mol. The van der Waals surface area contributed by atoms with E-state index in [-0.39, 0.29) is 12.3 Å². The molecule has 1 unspecified atom stereocenters. The number of rotatable bonds is 6. The predicted octanol–water partition coefficient (Wildman–Crippen LogP) is 2.16. The Hall–Kier alpha value is -1.55. The molecule has 0 aromatic heterocycles. The largest absolute Gasteiger partial charge is 0.493 e. The van der Waals surface area contributed by atoms with Crippen molar-refractivity contribution in [2.24, 2.45) is 5.92 Å². The number of hydrogen-bond acceptors (Lipinski definition) is 3. The quantitative estimate of drug-likeness (QED) is 0.854. The molecule has 0 amide bonds. The van der Waals surface area contributed by atoms with Crippen LogP contribution in [-0.2, 0) is 17.8 Å². The average Bonchev–Trinajstić information content (AvgIpc) is 2.74. The molecule has 1 heterocycles. The zero-order valence-electron chi connectivity index (χ0n) is 11.6. The minimum atomic E-state index is -0.726. The van der Waals surface area contributed by atoms with Crippen LogP contribution in [0.3, 0.4) is 0 Å². The van der Waals surface area contributed by atoms with Crippen LogP contribution < -0.4 is 4.74 Å². The maximum Gasteiger partial charge on any atom is 0.303 e. The van der Waals surface area contributed by atoms with Gasteiger partial charge in [-0.1, -0.05) is 19.1 Å². The van der Waals surface area contributed by atoms with Crippen LogP contribution in [0.15, 0.2) is 18.2 Å². The molecular weight excluding hydrogens is 242 g/mol. The first-order valence-electron chi connectivity index (χ1n) is 6.69. The maximum absolute atomic E-state index is 10.6. The van der Waals surface area contributed by atoms with Gasteiger partial charge in [0.05, 0.1) is 6.61 Å². The summed E-state index contributed by atoms with van der Waals surface area (Å²) in [6.45, 7) is 4.39. The van der Waals surface area contributed by atoms with Crippen molar-refractivity contribution >= 4 is 5.97 Å². The molecule has 4 nitrogen and oxygen atoms in total. The third-order valence-electron chi connectivity index (χ3n) is 3.35. The summed E-state index contributed by atoms with van der Waals surface area (Å²) in [6, 6.07) is 6.31. The van der Waals surface area contributed by atoms with Crippen LogP contribution in [0, 0.1) is 5.92 Å². The van der Waals surface area contributed by atoms with Gasteiger partial charge in [-0.05, 0) is 30.2 Å². The van der Waals surface area contributed by atoms with Crippen molar-refractivity contribution in [3.05, 3.63) is 29.3 Å². The van der Waals surface area contributed by atoms with Crippen molar-refractivity contribution < 1.29 is 14.6 Å². The second kappa shape index (κ2) is 6.06. The SMILES string of the molecule is CC(CC(=O)O)CN(C)Cc1ccc2c(c1)CCO2. The Balaban J connectivity index is 1.88. The number of aliphatic carboxylic acids is 1. The number of nitrogens with zero attached hydrogens (tertiary/aromatic N) is 1. The lowest BCUT2D eigenvalue weighted by molar-refractivity contribution is -0.138. The summed E-state index contributed by atoms with van der Waals surface area (Å²) >= 11 is 0. The Kier molecular flexibility index (Phi) is 4.43. The number of fused-ring (bicyclic) bond motifs is 1. The molecule has 1 atom stereocenters. The molecule has 1 aliphatic rings. The molecule has 0 aliphatic carbocycles. The minimum Gasteiger partial charge on any atom is -0.493 e. The molecule has 1 N–H and O–H groups in total. The van der Waals surface area contributed by atoms with Gasteiger partial charge in [-0.25, -0.2) is 0 Å². The molecule has 104 valence electrons. The van der Waals surface area contributed by atoms with Gasteiger partial charge in [-0.15, -0.1) is 0 Å². The number of ether oxygens (including phenoxy) is 1. The van der Waals surface area contributed by atoms with Gasteiger partial charge in [0.2, 0.25) is 0 Å². The molecule has 4 heteroatoms. The number of carbonyl (C=O) groups is 1. The van der Waals surface area contributed by atoms with E-state index in [9.17, 15) is 4.79 Å². The van der Waals surface area contributed by atoms with E-state index in [1.807, 2.05) is 20.0 Å². The highest BCUT2D eigenvalue weighted by Gasteiger charge is 2.14. The molecular formula is C15H21NO3. The van der Waals surface area contributed by atoms with E-state index in [0.717, 1.165) is 31.9 Å². The molecule has 1 aromatic carbocycles. The van der Waals surface area contributed by atoms with E-state index in [2.05, 4.69) is 17.0 Å². The zero-order valence-corrected chi connectivity index (χ0v) is 11.6. The molecule has 0 radical (unpaired) electrons. The molecule has 0 bridgehead atoms. The second-order valence-corrected chi connectivity index (χ2v) is 5.44. The highest BCUT2D eigenvalue weighted by atomic mass is 16.5. The van der Waals surface area contributed by atoms with Gasteiger partial charge < -0.3 is 14.7 Å². The first kappa shape index (κ1) is 13.9. The Labute approximate surface area is 114 Å². The van der Waals surface area contributed by atoms with Crippen molar-refractivity contribution in [2.45, 2.75) is 26.3 Å². The summed E-state index contributed by atoms with van der Waals surface area (Å²) in [5.74, 6) is 0.446. The first-order chi connectivity index (χ1) is 9.04. The van der Waals surface area contributed by atoms with Crippen LogP contribution in [-0.4, -0.2) is 36.2 Å². The van der Waals surface area contributed by atoms with Crippen LogP contribution in [0.5, 0.6) is 5.75 Å². The standard InChI is InChI=1S/C15H21NO3/c1-11(7-15(17)18)9-16(2)10-12-3-4-14-13(8-12)5-6-19-14/h3-4,8,11H,5-7,9-10H2,1-2H3,(H,17,18). The van der Waals surface area contributed by atoms with Crippen LogP contribution >= 0.6 is 0 Å². The van der Waals surface area contributed by atoms with E-state index in [0.29, 0.717) is 0 Å². The third kappa shape index (κ3) is 3.96.